The summed E-state index contributed by atoms with van der Waals surface area (Å²) in [6.45, 7) is 4.65. The fourth-order valence-corrected chi connectivity index (χ4v) is 1.96. The monoisotopic (exact) mass is 260 g/mol. The van der Waals surface area contributed by atoms with Crippen LogP contribution in [-0.4, -0.2) is 18.4 Å². The minimum absolute atomic E-state index is 0.00154. The first-order valence-electron chi connectivity index (χ1n) is 6.67. The molecule has 0 saturated heterocycles. The van der Waals surface area contributed by atoms with E-state index in [0.717, 1.165) is 18.4 Å². The highest BCUT2D eigenvalue weighted by atomic mass is 16.2. The number of carbonyl (C=O) groups is 2. The number of nitrogens with one attached hydrogen (secondary N) is 2. The zero-order chi connectivity index (χ0) is 13.8. The number of aryl methyl sites for hydroxylation is 2. The topological polar surface area (TPSA) is 58.2 Å². The van der Waals surface area contributed by atoms with E-state index in [2.05, 4.69) is 16.7 Å². The molecule has 0 radical (unpaired) electrons. The van der Waals surface area contributed by atoms with Crippen LogP contribution in [0.15, 0.2) is 18.2 Å². The molecule has 2 N–H and O–H groups in total. The van der Waals surface area contributed by atoms with Crippen molar-refractivity contribution >= 4 is 11.8 Å². The lowest BCUT2D eigenvalue weighted by Gasteiger charge is -2.09. The second-order valence-corrected chi connectivity index (χ2v) is 5.20. The van der Waals surface area contributed by atoms with E-state index in [9.17, 15) is 9.59 Å². The highest BCUT2D eigenvalue weighted by Gasteiger charge is 2.29. The van der Waals surface area contributed by atoms with Gasteiger partial charge in [-0.2, -0.15) is 0 Å². The van der Waals surface area contributed by atoms with E-state index in [1.54, 1.807) is 0 Å². The summed E-state index contributed by atoms with van der Waals surface area (Å²) < 4.78 is 0. The fourth-order valence-electron chi connectivity index (χ4n) is 1.96. The van der Waals surface area contributed by atoms with Crippen LogP contribution in [0.4, 0.5) is 0 Å². The standard InChI is InChI=1S/C15H20N2O2/c1-10-3-4-13(11(2)7-10)8-16-14(18)9-17-15(19)12-5-6-12/h3-4,7,12H,5-6,8-9H2,1-2H3,(H,16,18)(H,17,19). The van der Waals surface area contributed by atoms with Gasteiger partial charge in [0.15, 0.2) is 0 Å². The molecular weight excluding hydrogens is 240 g/mol. The van der Waals surface area contributed by atoms with Crippen molar-refractivity contribution in [1.82, 2.24) is 10.6 Å². The van der Waals surface area contributed by atoms with Crippen molar-refractivity contribution in [3.63, 3.8) is 0 Å². The van der Waals surface area contributed by atoms with Gasteiger partial charge in [-0.15, -0.1) is 0 Å². The van der Waals surface area contributed by atoms with Gasteiger partial charge < -0.3 is 10.6 Å². The van der Waals surface area contributed by atoms with Crippen LogP contribution in [0.25, 0.3) is 0 Å². The Morgan fingerprint density at radius 3 is 2.58 bits per heavy atom. The van der Waals surface area contributed by atoms with Crippen molar-refractivity contribution in [3.05, 3.63) is 34.9 Å². The molecule has 19 heavy (non-hydrogen) atoms. The second-order valence-electron chi connectivity index (χ2n) is 5.20. The number of hydrogen-bond acceptors (Lipinski definition) is 2. The highest BCUT2D eigenvalue weighted by Crippen LogP contribution is 2.28. The second kappa shape index (κ2) is 5.87. The summed E-state index contributed by atoms with van der Waals surface area (Å²) in [7, 11) is 0. The Kier molecular flexibility index (Phi) is 4.20. The molecule has 1 saturated carbocycles. The fraction of sp³-hybridized carbons (Fsp3) is 0.467. The molecule has 0 aromatic heterocycles. The lowest BCUT2D eigenvalue weighted by Crippen LogP contribution is -2.37. The Labute approximate surface area is 113 Å². The first-order valence-corrected chi connectivity index (χ1v) is 6.67. The van der Waals surface area contributed by atoms with Crippen molar-refractivity contribution < 1.29 is 9.59 Å². The molecule has 0 spiro atoms. The van der Waals surface area contributed by atoms with Crippen LogP contribution in [0.2, 0.25) is 0 Å². The maximum absolute atomic E-state index is 11.6. The van der Waals surface area contributed by atoms with Crippen LogP contribution in [0.1, 0.15) is 29.5 Å². The van der Waals surface area contributed by atoms with Crippen molar-refractivity contribution in [2.24, 2.45) is 5.92 Å². The lowest BCUT2D eigenvalue weighted by atomic mass is 10.1. The van der Waals surface area contributed by atoms with Gasteiger partial charge >= 0.3 is 0 Å². The molecule has 2 rings (SSSR count). The van der Waals surface area contributed by atoms with Crippen LogP contribution >= 0.6 is 0 Å². The summed E-state index contributed by atoms with van der Waals surface area (Å²) in [6.07, 6.45) is 1.91. The third-order valence-corrected chi connectivity index (χ3v) is 3.35. The molecule has 4 heteroatoms. The Balaban J connectivity index is 1.74. The predicted octanol–water partition coefficient (Wildman–Crippen LogP) is 1.45. The number of benzene rings is 1. The summed E-state index contributed by atoms with van der Waals surface area (Å²) in [5, 5.41) is 5.47. The van der Waals surface area contributed by atoms with Gasteiger partial charge in [0.05, 0.1) is 6.54 Å². The van der Waals surface area contributed by atoms with E-state index in [0.29, 0.717) is 6.54 Å². The molecule has 0 unspecified atom stereocenters. The molecule has 2 amide bonds. The Morgan fingerprint density at radius 2 is 1.95 bits per heavy atom. The van der Waals surface area contributed by atoms with Gasteiger partial charge in [0.25, 0.3) is 0 Å². The number of carbonyl (C=O) groups excluding carboxylic acids is 2. The van der Waals surface area contributed by atoms with Crippen LogP contribution in [0.5, 0.6) is 0 Å². The van der Waals surface area contributed by atoms with Crippen LogP contribution in [0, 0.1) is 19.8 Å². The molecule has 1 aromatic rings. The van der Waals surface area contributed by atoms with E-state index in [1.807, 2.05) is 26.0 Å². The van der Waals surface area contributed by atoms with Crippen molar-refractivity contribution in [2.45, 2.75) is 33.2 Å². The zero-order valence-electron chi connectivity index (χ0n) is 11.5. The molecule has 0 heterocycles. The minimum atomic E-state index is -0.144. The third-order valence-electron chi connectivity index (χ3n) is 3.35. The van der Waals surface area contributed by atoms with Crippen LogP contribution in [-0.2, 0) is 16.1 Å². The van der Waals surface area contributed by atoms with Gasteiger partial charge in [-0.05, 0) is 37.8 Å². The molecule has 1 fully saturated rings. The average molecular weight is 260 g/mol. The molecule has 1 aliphatic rings. The molecular formula is C15H20N2O2. The summed E-state index contributed by atoms with van der Waals surface area (Å²) in [4.78, 5) is 23.0. The molecule has 4 nitrogen and oxygen atoms in total. The van der Waals surface area contributed by atoms with Crippen molar-refractivity contribution in [1.29, 1.82) is 0 Å². The molecule has 0 bridgehead atoms. The van der Waals surface area contributed by atoms with E-state index < -0.39 is 0 Å². The van der Waals surface area contributed by atoms with Gasteiger partial charge in [-0.3, -0.25) is 9.59 Å². The van der Waals surface area contributed by atoms with E-state index in [4.69, 9.17) is 0 Å². The predicted molar refractivity (Wildman–Crippen MR) is 73.5 cm³/mol. The first kappa shape index (κ1) is 13.6. The molecule has 1 aromatic carbocycles. The number of hydrogen-bond donors (Lipinski definition) is 2. The number of rotatable bonds is 5. The molecule has 1 aliphatic carbocycles. The van der Waals surface area contributed by atoms with Crippen molar-refractivity contribution in [3.8, 4) is 0 Å². The minimum Gasteiger partial charge on any atom is -0.350 e. The summed E-state index contributed by atoms with van der Waals surface area (Å²) in [5.74, 6) is 0.00258. The van der Waals surface area contributed by atoms with Gasteiger partial charge in [-0.25, -0.2) is 0 Å². The quantitative estimate of drug-likeness (QED) is 0.841. The third kappa shape index (κ3) is 4.09. The molecule has 0 aliphatic heterocycles. The van der Waals surface area contributed by atoms with Gasteiger partial charge in [0.2, 0.25) is 11.8 Å². The Hall–Kier alpha value is -1.84. The Morgan fingerprint density at radius 1 is 1.21 bits per heavy atom. The molecule has 102 valence electrons. The number of amides is 2. The Bertz CT molecular complexity index is 493. The summed E-state index contributed by atoms with van der Waals surface area (Å²) in [6, 6.07) is 6.15. The average Bonchev–Trinajstić information content (AvgIpc) is 3.19. The zero-order valence-corrected chi connectivity index (χ0v) is 11.5. The van der Waals surface area contributed by atoms with Gasteiger partial charge in [0.1, 0.15) is 0 Å². The highest BCUT2D eigenvalue weighted by molar-refractivity contribution is 5.86. The van der Waals surface area contributed by atoms with E-state index >= 15 is 0 Å². The van der Waals surface area contributed by atoms with Crippen LogP contribution < -0.4 is 10.6 Å². The summed E-state index contributed by atoms with van der Waals surface area (Å²) in [5.41, 5.74) is 3.49. The SMILES string of the molecule is Cc1ccc(CNC(=O)CNC(=O)C2CC2)c(C)c1. The van der Waals surface area contributed by atoms with Gasteiger partial charge in [0, 0.05) is 12.5 Å². The van der Waals surface area contributed by atoms with Crippen LogP contribution in [0.3, 0.4) is 0 Å². The normalized spacial score (nSPS) is 14.0. The van der Waals surface area contributed by atoms with E-state index in [-0.39, 0.29) is 24.3 Å². The van der Waals surface area contributed by atoms with Crippen molar-refractivity contribution in [2.75, 3.05) is 6.54 Å². The smallest absolute Gasteiger partial charge is 0.239 e. The molecule has 0 atom stereocenters. The lowest BCUT2D eigenvalue weighted by molar-refractivity contribution is -0.126. The maximum atomic E-state index is 11.6. The maximum Gasteiger partial charge on any atom is 0.239 e. The first-order chi connectivity index (χ1) is 9.06. The van der Waals surface area contributed by atoms with Gasteiger partial charge in [-0.1, -0.05) is 23.8 Å². The summed E-state index contributed by atoms with van der Waals surface area (Å²) >= 11 is 0. The van der Waals surface area contributed by atoms with E-state index in [1.165, 1.54) is 11.1 Å². The largest absolute Gasteiger partial charge is 0.350 e.